The van der Waals surface area contributed by atoms with Crippen molar-refractivity contribution in [3.8, 4) is 6.07 Å². The van der Waals surface area contributed by atoms with Gasteiger partial charge in [0.2, 0.25) is 0 Å². The van der Waals surface area contributed by atoms with Gasteiger partial charge in [0.1, 0.15) is 5.54 Å². The zero-order valence-corrected chi connectivity index (χ0v) is 11.0. The van der Waals surface area contributed by atoms with Gasteiger partial charge in [0, 0.05) is 13.1 Å². The minimum atomic E-state index is -0.632. The minimum absolute atomic E-state index is 0.632. The number of fused-ring (bicyclic) bond motifs is 1. The highest BCUT2D eigenvalue weighted by molar-refractivity contribution is 5.30. The van der Waals surface area contributed by atoms with E-state index in [0.29, 0.717) is 0 Å². The van der Waals surface area contributed by atoms with Crippen molar-refractivity contribution in [3.05, 3.63) is 35.4 Å². The first-order valence-corrected chi connectivity index (χ1v) is 6.66. The van der Waals surface area contributed by atoms with E-state index in [2.05, 4.69) is 35.2 Å². The largest absolute Gasteiger partial charge is 0.313 e. The molecule has 3 heteroatoms. The van der Waals surface area contributed by atoms with E-state index in [9.17, 15) is 0 Å². The molecule has 0 aromatic heterocycles. The normalized spacial score (nSPS) is 18.1. The smallest absolute Gasteiger partial charge is 0.104 e. The Kier molecular flexibility index (Phi) is 4.00. The van der Waals surface area contributed by atoms with Gasteiger partial charge in [-0.05, 0) is 36.9 Å². The summed E-state index contributed by atoms with van der Waals surface area (Å²) in [6, 6.07) is 10.8. The second-order valence-electron chi connectivity index (χ2n) is 5.20. The Balaban J connectivity index is 1.80. The van der Waals surface area contributed by atoms with Crippen LogP contribution in [0.2, 0.25) is 0 Å². The summed E-state index contributed by atoms with van der Waals surface area (Å²) in [5.41, 5.74) is 8.23. The number of hydrogen-bond donors (Lipinski definition) is 1. The monoisotopic (exact) mass is 243 g/mol. The van der Waals surface area contributed by atoms with Crippen molar-refractivity contribution < 1.29 is 0 Å². The van der Waals surface area contributed by atoms with E-state index in [1.165, 1.54) is 11.1 Å². The third-order valence-electron chi connectivity index (χ3n) is 3.86. The van der Waals surface area contributed by atoms with Gasteiger partial charge in [-0.2, -0.15) is 5.26 Å². The van der Waals surface area contributed by atoms with Crippen molar-refractivity contribution in [2.45, 2.75) is 44.8 Å². The van der Waals surface area contributed by atoms with Gasteiger partial charge in [0.05, 0.1) is 6.07 Å². The van der Waals surface area contributed by atoms with Crippen LogP contribution >= 0.6 is 0 Å². The summed E-state index contributed by atoms with van der Waals surface area (Å²) < 4.78 is 0. The number of benzene rings is 1. The molecule has 96 valence electrons. The fourth-order valence-corrected chi connectivity index (χ4v) is 2.49. The van der Waals surface area contributed by atoms with E-state index in [1.807, 2.05) is 6.92 Å². The molecule has 0 radical (unpaired) electrons. The molecule has 1 aliphatic rings. The Bertz CT molecular complexity index is 424. The van der Waals surface area contributed by atoms with Gasteiger partial charge in [0.25, 0.3) is 0 Å². The van der Waals surface area contributed by atoms with Gasteiger partial charge in [-0.3, -0.25) is 4.90 Å². The Morgan fingerprint density at radius 3 is 2.44 bits per heavy atom. The minimum Gasteiger partial charge on any atom is -0.313 e. The molecule has 1 aromatic carbocycles. The fraction of sp³-hybridized carbons (Fsp3) is 0.533. The van der Waals surface area contributed by atoms with Crippen molar-refractivity contribution in [3.63, 3.8) is 0 Å². The average Bonchev–Trinajstić information content (AvgIpc) is 2.81. The molecule has 18 heavy (non-hydrogen) atoms. The molecule has 0 fully saturated rings. The maximum Gasteiger partial charge on any atom is 0.104 e. The van der Waals surface area contributed by atoms with Crippen molar-refractivity contribution in [1.82, 2.24) is 4.90 Å². The molecular weight excluding hydrogens is 222 g/mol. The third kappa shape index (κ3) is 2.90. The highest BCUT2D eigenvalue weighted by atomic mass is 15.1. The molecule has 1 atom stereocenters. The summed E-state index contributed by atoms with van der Waals surface area (Å²) in [5.74, 6) is 0. The zero-order chi connectivity index (χ0) is 13.0. The molecule has 2 rings (SSSR count). The molecule has 0 bridgehead atoms. The average molecular weight is 243 g/mol. The summed E-state index contributed by atoms with van der Waals surface area (Å²) in [6.45, 7) is 5.07. The summed E-state index contributed by atoms with van der Waals surface area (Å²) in [6.07, 6.45) is 2.50. The molecule has 1 heterocycles. The molecular formula is C15H21N3. The van der Waals surface area contributed by atoms with Crippen LogP contribution < -0.4 is 5.73 Å². The van der Waals surface area contributed by atoms with Crippen LogP contribution in [-0.2, 0) is 13.1 Å². The number of nitriles is 1. The molecule has 1 unspecified atom stereocenters. The second kappa shape index (κ2) is 5.51. The second-order valence-corrected chi connectivity index (χ2v) is 5.20. The molecule has 1 aromatic rings. The molecule has 0 saturated heterocycles. The van der Waals surface area contributed by atoms with Crippen LogP contribution in [0, 0.1) is 11.3 Å². The van der Waals surface area contributed by atoms with E-state index in [1.54, 1.807) is 0 Å². The van der Waals surface area contributed by atoms with E-state index in [-0.39, 0.29) is 0 Å². The highest BCUT2D eigenvalue weighted by Crippen LogP contribution is 2.23. The standard InChI is InChI=1S/C15H21N3/c1-2-15(17,12-16)8-5-9-18-10-13-6-3-4-7-14(13)11-18/h3-4,6-7H,2,5,8-11,17H2,1H3. The van der Waals surface area contributed by atoms with E-state index < -0.39 is 5.54 Å². The lowest BCUT2D eigenvalue weighted by molar-refractivity contribution is 0.268. The fourth-order valence-electron chi connectivity index (χ4n) is 2.49. The van der Waals surface area contributed by atoms with Crippen LogP contribution in [0.25, 0.3) is 0 Å². The lowest BCUT2D eigenvalue weighted by atomic mass is 9.93. The Labute approximate surface area is 109 Å². The van der Waals surface area contributed by atoms with Crippen LogP contribution in [0.1, 0.15) is 37.3 Å². The molecule has 0 amide bonds. The predicted octanol–water partition coefficient (Wildman–Crippen LogP) is 2.41. The van der Waals surface area contributed by atoms with Crippen molar-refractivity contribution in [2.75, 3.05) is 6.54 Å². The van der Waals surface area contributed by atoms with Crippen LogP contribution in [-0.4, -0.2) is 17.0 Å². The van der Waals surface area contributed by atoms with E-state index >= 15 is 0 Å². The first kappa shape index (κ1) is 13.1. The topological polar surface area (TPSA) is 53.1 Å². The summed E-state index contributed by atoms with van der Waals surface area (Å²) >= 11 is 0. The van der Waals surface area contributed by atoms with Gasteiger partial charge >= 0.3 is 0 Å². The van der Waals surface area contributed by atoms with Crippen LogP contribution in [0.4, 0.5) is 0 Å². The Morgan fingerprint density at radius 1 is 1.33 bits per heavy atom. The summed E-state index contributed by atoms with van der Waals surface area (Å²) in [4.78, 5) is 2.43. The number of rotatable bonds is 5. The SMILES string of the molecule is CCC(N)(C#N)CCCN1Cc2ccccc2C1. The first-order valence-electron chi connectivity index (χ1n) is 6.66. The van der Waals surface area contributed by atoms with Crippen LogP contribution in [0.5, 0.6) is 0 Å². The van der Waals surface area contributed by atoms with Gasteiger partial charge in [-0.1, -0.05) is 31.2 Å². The lowest BCUT2D eigenvalue weighted by Gasteiger charge is -2.21. The van der Waals surface area contributed by atoms with Crippen molar-refractivity contribution >= 4 is 0 Å². The van der Waals surface area contributed by atoms with Crippen molar-refractivity contribution in [2.24, 2.45) is 5.73 Å². The lowest BCUT2D eigenvalue weighted by Crippen LogP contribution is -2.38. The van der Waals surface area contributed by atoms with Crippen LogP contribution in [0.15, 0.2) is 24.3 Å². The van der Waals surface area contributed by atoms with Gasteiger partial charge in [-0.15, -0.1) is 0 Å². The number of hydrogen-bond acceptors (Lipinski definition) is 3. The molecule has 0 aliphatic carbocycles. The Morgan fingerprint density at radius 2 is 1.94 bits per heavy atom. The Hall–Kier alpha value is -1.37. The predicted molar refractivity (Wildman–Crippen MR) is 72.6 cm³/mol. The number of nitrogens with zero attached hydrogens (tertiary/aromatic N) is 2. The summed E-state index contributed by atoms with van der Waals surface area (Å²) in [7, 11) is 0. The molecule has 0 saturated carbocycles. The van der Waals surface area contributed by atoms with Gasteiger partial charge in [-0.25, -0.2) is 0 Å². The molecule has 3 nitrogen and oxygen atoms in total. The zero-order valence-electron chi connectivity index (χ0n) is 11.0. The maximum absolute atomic E-state index is 9.03. The van der Waals surface area contributed by atoms with Gasteiger partial charge in [0.15, 0.2) is 0 Å². The van der Waals surface area contributed by atoms with Crippen LogP contribution in [0.3, 0.4) is 0 Å². The summed E-state index contributed by atoms with van der Waals surface area (Å²) in [5, 5.41) is 9.03. The molecule has 1 aliphatic heterocycles. The number of nitrogens with two attached hydrogens (primary N) is 1. The highest BCUT2D eigenvalue weighted by Gasteiger charge is 2.23. The first-order chi connectivity index (χ1) is 8.67. The van der Waals surface area contributed by atoms with E-state index in [4.69, 9.17) is 11.0 Å². The third-order valence-corrected chi connectivity index (χ3v) is 3.86. The quantitative estimate of drug-likeness (QED) is 0.864. The molecule has 0 spiro atoms. The maximum atomic E-state index is 9.03. The van der Waals surface area contributed by atoms with Gasteiger partial charge < -0.3 is 5.73 Å². The van der Waals surface area contributed by atoms with Crippen molar-refractivity contribution in [1.29, 1.82) is 5.26 Å². The molecule has 2 N–H and O–H groups in total. The van der Waals surface area contributed by atoms with E-state index in [0.717, 1.165) is 38.9 Å².